The minimum atomic E-state index is -3.01. The van der Waals surface area contributed by atoms with Crippen LogP contribution in [0.3, 0.4) is 0 Å². The second kappa shape index (κ2) is 7.23. The molecule has 2 rings (SSSR count). The maximum absolute atomic E-state index is 12.3. The Balaban J connectivity index is 1.64. The number of sulfonamides is 1. The van der Waals surface area contributed by atoms with Gasteiger partial charge in [-0.05, 0) is 56.9 Å². The number of unbranched alkanes of at least 4 members (excludes halogenated alkanes) is 1. The van der Waals surface area contributed by atoms with E-state index in [1.165, 1.54) is 12.8 Å². The van der Waals surface area contributed by atoms with Crippen molar-refractivity contribution in [3.8, 4) is 0 Å². The van der Waals surface area contributed by atoms with E-state index in [1.807, 2.05) is 0 Å². The monoisotopic (exact) mass is 302 g/mol. The lowest BCUT2D eigenvalue weighted by molar-refractivity contribution is 0.226. The van der Waals surface area contributed by atoms with E-state index in [-0.39, 0.29) is 0 Å². The van der Waals surface area contributed by atoms with Gasteiger partial charge in [-0.2, -0.15) is 0 Å². The molecule has 0 radical (unpaired) electrons. The quantitative estimate of drug-likeness (QED) is 0.699. The summed E-state index contributed by atoms with van der Waals surface area (Å²) in [6.07, 6.45) is 6.40. The Kier molecular flexibility index (Phi) is 5.87. The van der Waals surface area contributed by atoms with Crippen molar-refractivity contribution in [1.29, 1.82) is 0 Å². The van der Waals surface area contributed by atoms with Crippen LogP contribution in [-0.2, 0) is 10.0 Å². The van der Waals surface area contributed by atoms with Crippen LogP contribution in [0.5, 0.6) is 0 Å². The Morgan fingerprint density at radius 2 is 1.75 bits per heavy atom. The van der Waals surface area contributed by atoms with Crippen LogP contribution in [0.15, 0.2) is 0 Å². The molecule has 0 atom stereocenters. The number of piperidine rings is 1. The molecule has 20 heavy (non-hydrogen) atoms. The lowest BCUT2D eigenvalue weighted by Gasteiger charge is -2.33. The van der Waals surface area contributed by atoms with Crippen molar-refractivity contribution in [3.63, 3.8) is 0 Å². The second-order valence-electron chi connectivity index (χ2n) is 6.73. The number of rotatable bonds is 8. The molecule has 4 nitrogen and oxygen atoms in total. The minimum absolute atomic E-state index is 0.325. The Hall–Kier alpha value is -0.130. The Morgan fingerprint density at radius 1 is 1.10 bits per heavy atom. The zero-order valence-corrected chi connectivity index (χ0v) is 13.8. The molecule has 1 saturated carbocycles. The maximum atomic E-state index is 12.3. The molecule has 0 bridgehead atoms. The first-order valence-electron chi connectivity index (χ1n) is 8.20. The molecule has 0 spiro atoms. The highest BCUT2D eigenvalue weighted by atomic mass is 32.2. The van der Waals surface area contributed by atoms with E-state index in [1.54, 1.807) is 4.31 Å². The van der Waals surface area contributed by atoms with Gasteiger partial charge >= 0.3 is 0 Å². The van der Waals surface area contributed by atoms with Gasteiger partial charge in [0.1, 0.15) is 0 Å². The van der Waals surface area contributed by atoms with Gasteiger partial charge < -0.3 is 5.32 Å². The van der Waals surface area contributed by atoms with Gasteiger partial charge in [-0.1, -0.05) is 13.8 Å². The summed E-state index contributed by atoms with van der Waals surface area (Å²) >= 11 is 0. The average molecular weight is 302 g/mol. The highest BCUT2D eigenvalue weighted by Crippen LogP contribution is 2.26. The van der Waals surface area contributed by atoms with Gasteiger partial charge in [0.05, 0.1) is 5.75 Å². The molecule has 2 aliphatic rings. The Labute approximate surface area is 124 Å². The summed E-state index contributed by atoms with van der Waals surface area (Å²) in [7, 11) is -3.01. The fourth-order valence-corrected chi connectivity index (χ4v) is 4.55. The standard InChI is InChI=1S/C15H30N2O2S/c1-13(2)14-7-10-17(11-8-14)20(18,19)12-4-3-9-16-15-5-6-15/h13-16H,3-12H2,1-2H3. The highest BCUT2D eigenvalue weighted by molar-refractivity contribution is 7.89. The largest absolute Gasteiger partial charge is 0.314 e. The van der Waals surface area contributed by atoms with Crippen LogP contribution in [0.1, 0.15) is 52.4 Å². The van der Waals surface area contributed by atoms with Gasteiger partial charge in [0.25, 0.3) is 0 Å². The molecular formula is C15H30N2O2S. The Morgan fingerprint density at radius 3 is 2.30 bits per heavy atom. The van der Waals surface area contributed by atoms with Gasteiger partial charge in [-0.25, -0.2) is 12.7 Å². The van der Waals surface area contributed by atoms with Crippen LogP contribution in [0.25, 0.3) is 0 Å². The topological polar surface area (TPSA) is 49.4 Å². The molecule has 0 amide bonds. The zero-order chi connectivity index (χ0) is 14.6. The molecule has 1 saturated heterocycles. The van der Waals surface area contributed by atoms with Crippen molar-refractivity contribution >= 4 is 10.0 Å². The number of nitrogens with one attached hydrogen (secondary N) is 1. The maximum Gasteiger partial charge on any atom is 0.214 e. The third kappa shape index (κ3) is 5.01. The smallest absolute Gasteiger partial charge is 0.214 e. The third-order valence-electron chi connectivity index (χ3n) is 4.67. The lowest BCUT2D eigenvalue weighted by Crippen LogP contribution is -2.40. The van der Waals surface area contributed by atoms with E-state index in [0.717, 1.165) is 51.4 Å². The fraction of sp³-hybridized carbons (Fsp3) is 1.00. The second-order valence-corrected chi connectivity index (χ2v) is 8.82. The third-order valence-corrected chi connectivity index (χ3v) is 6.63. The first kappa shape index (κ1) is 16.2. The van der Waals surface area contributed by atoms with E-state index >= 15 is 0 Å². The molecule has 1 heterocycles. The lowest BCUT2D eigenvalue weighted by atomic mass is 9.87. The minimum Gasteiger partial charge on any atom is -0.314 e. The number of hydrogen-bond donors (Lipinski definition) is 1. The predicted molar refractivity (Wildman–Crippen MR) is 83.2 cm³/mol. The van der Waals surface area contributed by atoms with Crippen molar-refractivity contribution in [1.82, 2.24) is 9.62 Å². The molecule has 1 aliphatic carbocycles. The van der Waals surface area contributed by atoms with Crippen LogP contribution in [0.2, 0.25) is 0 Å². The zero-order valence-electron chi connectivity index (χ0n) is 13.0. The Bertz CT molecular complexity index is 383. The summed E-state index contributed by atoms with van der Waals surface area (Å²) in [5.74, 6) is 1.70. The molecule has 0 aromatic heterocycles. The first-order valence-corrected chi connectivity index (χ1v) is 9.81. The van der Waals surface area contributed by atoms with Crippen molar-refractivity contribution in [2.75, 3.05) is 25.4 Å². The fourth-order valence-electron chi connectivity index (χ4n) is 2.95. The molecule has 5 heteroatoms. The number of hydrogen-bond acceptors (Lipinski definition) is 3. The molecule has 2 fully saturated rings. The van der Waals surface area contributed by atoms with Gasteiger partial charge in [0.2, 0.25) is 10.0 Å². The van der Waals surface area contributed by atoms with Crippen LogP contribution in [0, 0.1) is 11.8 Å². The normalized spacial score (nSPS) is 22.6. The summed E-state index contributed by atoms with van der Waals surface area (Å²) in [5.41, 5.74) is 0. The summed E-state index contributed by atoms with van der Waals surface area (Å²) in [4.78, 5) is 0. The summed E-state index contributed by atoms with van der Waals surface area (Å²) < 4.78 is 26.3. The molecule has 118 valence electrons. The van der Waals surface area contributed by atoms with Crippen molar-refractivity contribution in [2.24, 2.45) is 11.8 Å². The summed E-state index contributed by atoms with van der Waals surface area (Å²) in [5, 5.41) is 3.43. The van der Waals surface area contributed by atoms with Crippen molar-refractivity contribution < 1.29 is 8.42 Å². The van der Waals surface area contributed by atoms with Crippen molar-refractivity contribution in [2.45, 2.75) is 58.4 Å². The van der Waals surface area contributed by atoms with Crippen LogP contribution < -0.4 is 5.32 Å². The van der Waals surface area contributed by atoms with Crippen LogP contribution >= 0.6 is 0 Å². The first-order chi connectivity index (χ1) is 9.49. The molecule has 0 aromatic carbocycles. The van der Waals surface area contributed by atoms with Crippen LogP contribution in [0.4, 0.5) is 0 Å². The van der Waals surface area contributed by atoms with E-state index in [9.17, 15) is 8.42 Å². The van der Waals surface area contributed by atoms with E-state index < -0.39 is 10.0 Å². The number of nitrogens with zero attached hydrogens (tertiary/aromatic N) is 1. The summed E-state index contributed by atoms with van der Waals surface area (Å²) in [6.45, 7) is 6.90. The van der Waals surface area contributed by atoms with Gasteiger partial charge in [0, 0.05) is 19.1 Å². The average Bonchev–Trinajstić information content (AvgIpc) is 3.22. The molecule has 0 unspecified atom stereocenters. The van der Waals surface area contributed by atoms with Crippen molar-refractivity contribution in [3.05, 3.63) is 0 Å². The molecule has 1 aliphatic heterocycles. The van der Waals surface area contributed by atoms with E-state index in [2.05, 4.69) is 19.2 Å². The predicted octanol–water partition coefficient (Wildman–Crippen LogP) is 2.22. The van der Waals surface area contributed by atoms with E-state index in [0.29, 0.717) is 17.6 Å². The van der Waals surface area contributed by atoms with E-state index in [4.69, 9.17) is 0 Å². The molecular weight excluding hydrogens is 272 g/mol. The van der Waals surface area contributed by atoms with Gasteiger partial charge in [-0.3, -0.25) is 0 Å². The van der Waals surface area contributed by atoms with Gasteiger partial charge in [0.15, 0.2) is 0 Å². The molecule has 0 aromatic rings. The molecule has 1 N–H and O–H groups in total. The highest BCUT2D eigenvalue weighted by Gasteiger charge is 2.28. The summed E-state index contributed by atoms with van der Waals surface area (Å²) in [6, 6.07) is 0.724. The van der Waals surface area contributed by atoms with Crippen LogP contribution in [-0.4, -0.2) is 44.2 Å². The SMILES string of the molecule is CC(C)C1CCN(S(=O)(=O)CCCCNC2CC2)CC1. The van der Waals surface area contributed by atoms with Gasteiger partial charge in [-0.15, -0.1) is 0 Å².